The Hall–Kier alpha value is -2.95. The molecule has 5 nitrogen and oxygen atoms in total. The summed E-state index contributed by atoms with van der Waals surface area (Å²) in [6.45, 7) is 3.39. The van der Waals surface area contributed by atoms with Crippen LogP contribution in [-0.2, 0) is 11.2 Å². The minimum atomic E-state index is -0.137. The van der Waals surface area contributed by atoms with Crippen LogP contribution in [-0.4, -0.2) is 31.2 Å². The molecule has 2 aromatic rings. The Kier molecular flexibility index (Phi) is 8.92. The molecule has 0 unspecified atom stereocenters. The first-order chi connectivity index (χ1) is 13.6. The number of anilines is 1. The molecule has 2 aromatic carbocycles. The molecule has 0 bridgehead atoms. The van der Waals surface area contributed by atoms with E-state index >= 15 is 0 Å². The van der Waals surface area contributed by atoms with E-state index in [-0.39, 0.29) is 11.7 Å². The maximum atomic E-state index is 12.0. The van der Waals surface area contributed by atoms with E-state index in [0.717, 1.165) is 41.8 Å². The zero-order chi connectivity index (χ0) is 20.2. The van der Waals surface area contributed by atoms with Gasteiger partial charge in [-0.2, -0.15) is 0 Å². The lowest BCUT2D eigenvalue weighted by molar-refractivity contribution is -0.116. The average molecular weight is 383 g/mol. The molecular formula is C23H30N2O3. The van der Waals surface area contributed by atoms with Gasteiger partial charge in [-0.1, -0.05) is 38.0 Å². The molecule has 0 atom stereocenters. The maximum absolute atomic E-state index is 12.0. The summed E-state index contributed by atoms with van der Waals surface area (Å²) in [4.78, 5) is 12.0. The lowest BCUT2D eigenvalue weighted by atomic mass is 10.1. The second-order valence-corrected chi connectivity index (χ2v) is 6.60. The molecule has 0 fully saturated rings. The molecule has 0 aliphatic carbocycles. The van der Waals surface area contributed by atoms with Crippen LogP contribution in [0.1, 0.15) is 37.3 Å². The highest BCUT2D eigenvalue weighted by Crippen LogP contribution is 2.26. The van der Waals surface area contributed by atoms with Crippen molar-refractivity contribution in [2.24, 2.45) is 0 Å². The summed E-state index contributed by atoms with van der Waals surface area (Å²) in [5, 5.41) is 15.3. The van der Waals surface area contributed by atoms with E-state index in [2.05, 4.69) is 17.6 Å². The molecular weight excluding hydrogens is 352 g/mol. The third kappa shape index (κ3) is 7.35. The van der Waals surface area contributed by atoms with Crippen molar-refractivity contribution in [3.05, 3.63) is 59.7 Å². The predicted molar refractivity (Wildman–Crippen MR) is 115 cm³/mol. The number of aromatic hydroxyl groups is 1. The van der Waals surface area contributed by atoms with Crippen LogP contribution >= 0.6 is 0 Å². The fraction of sp³-hybridized carbons (Fsp3) is 0.348. The Balaban J connectivity index is 1.85. The number of rotatable bonds is 11. The SMILES string of the molecule is CCCCCOc1cc(C=CC(=O)NCCc2ccc(O)cc2)ccc1NC. The zero-order valence-corrected chi connectivity index (χ0v) is 16.7. The Labute approximate surface area is 167 Å². The molecule has 0 spiro atoms. The van der Waals surface area contributed by atoms with Crippen LogP contribution in [0.15, 0.2) is 48.5 Å². The topological polar surface area (TPSA) is 70.6 Å². The molecule has 1 amide bonds. The first-order valence-electron chi connectivity index (χ1n) is 9.80. The fourth-order valence-electron chi connectivity index (χ4n) is 2.73. The van der Waals surface area contributed by atoms with Crippen molar-refractivity contribution in [1.29, 1.82) is 0 Å². The molecule has 28 heavy (non-hydrogen) atoms. The van der Waals surface area contributed by atoms with Crippen molar-refractivity contribution < 1.29 is 14.6 Å². The van der Waals surface area contributed by atoms with Gasteiger partial charge in [0.2, 0.25) is 5.91 Å². The number of ether oxygens (including phenoxy) is 1. The first-order valence-corrected chi connectivity index (χ1v) is 9.80. The van der Waals surface area contributed by atoms with Gasteiger partial charge in [0.15, 0.2) is 0 Å². The van der Waals surface area contributed by atoms with Gasteiger partial charge in [-0.3, -0.25) is 4.79 Å². The van der Waals surface area contributed by atoms with Crippen molar-refractivity contribution in [3.63, 3.8) is 0 Å². The Bertz CT molecular complexity index is 770. The Morgan fingerprint density at radius 2 is 1.93 bits per heavy atom. The van der Waals surface area contributed by atoms with E-state index in [0.29, 0.717) is 19.6 Å². The number of hydrogen-bond acceptors (Lipinski definition) is 4. The summed E-state index contributed by atoms with van der Waals surface area (Å²) in [6.07, 6.45) is 7.38. The normalized spacial score (nSPS) is 10.8. The maximum Gasteiger partial charge on any atom is 0.244 e. The number of amides is 1. The predicted octanol–water partition coefficient (Wildman–Crippen LogP) is 4.38. The highest BCUT2D eigenvalue weighted by molar-refractivity contribution is 5.91. The molecule has 0 heterocycles. The largest absolute Gasteiger partial charge is 0.508 e. The summed E-state index contributed by atoms with van der Waals surface area (Å²) >= 11 is 0. The molecule has 0 radical (unpaired) electrons. The lowest BCUT2D eigenvalue weighted by Gasteiger charge is -2.12. The Morgan fingerprint density at radius 3 is 2.64 bits per heavy atom. The summed E-state index contributed by atoms with van der Waals surface area (Å²) in [5.74, 6) is 0.907. The molecule has 0 aliphatic heterocycles. The minimum absolute atomic E-state index is 0.137. The second kappa shape index (κ2) is 11.7. The smallest absolute Gasteiger partial charge is 0.244 e. The van der Waals surface area contributed by atoms with Crippen LogP contribution < -0.4 is 15.4 Å². The zero-order valence-electron chi connectivity index (χ0n) is 16.7. The number of unbranched alkanes of at least 4 members (excludes halogenated alkanes) is 2. The summed E-state index contributed by atoms with van der Waals surface area (Å²) < 4.78 is 5.89. The van der Waals surface area contributed by atoms with Gasteiger partial charge in [-0.15, -0.1) is 0 Å². The van der Waals surface area contributed by atoms with Gasteiger partial charge in [0.1, 0.15) is 11.5 Å². The second-order valence-electron chi connectivity index (χ2n) is 6.60. The van der Waals surface area contributed by atoms with E-state index in [1.165, 1.54) is 6.08 Å². The summed E-state index contributed by atoms with van der Waals surface area (Å²) in [5.41, 5.74) is 2.92. The highest BCUT2D eigenvalue weighted by Gasteiger charge is 2.04. The van der Waals surface area contributed by atoms with Crippen molar-refractivity contribution >= 4 is 17.7 Å². The van der Waals surface area contributed by atoms with E-state index in [9.17, 15) is 9.90 Å². The van der Waals surface area contributed by atoms with Crippen molar-refractivity contribution in [1.82, 2.24) is 5.32 Å². The van der Waals surface area contributed by atoms with E-state index < -0.39 is 0 Å². The van der Waals surface area contributed by atoms with Gasteiger partial charge in [-0.25, -0.2) is 0 Å². The van der Waals surface area contributed by atoms with Crippen molar-refractivity contribution in [3.8, 4) is 11.5 Å². The third-order valence-corrected chi connectivity index (χ3v) is 4.36. The van der Waals surface area contributed by atoms with E-state index in [4.69, 9.17) is 4.74 Å². The first kappa shape index (κ1) is 21.4. The molecule has 0 aliphatic rings. The number of hydrogen-bond donors (Lipinski definition) is 3. The Morgan fingerprint density at radius 1 is 1.14 bits per heavy atom. The third-order valence-electron chi connectivity index (χ3n) is 4.36. The molecule has 2 rings (SSSR count). The molecule has 5 heteroatoms. The van der Waals surface area contributed by atoms with Crippen LogP contribution in [0.4, 0.5) is 5.69 Å². The van der Waals surface area contributed by atoms with Gasteiger partial charge in [0, 0.05) is 19.7 Å². The molecule has 0 saturated carbocycles. The van der Waals surface area contributed by atoms with Gasteiger partial charge >= 0.3 is 0 Å². The summed E-state index contributed by atoms with van der Waals surface area (Å²) in [7, 11) is 1.87. The summed E-state index contributed by atoms with van der Waals surface area (Å²) in [6, 6.07) is 12.8. The number of benzene rings is 2. The number of carbonyl (C=O) groups is 1. The van der Waals surface area contributed by atoms with Gasteiger partial charge in [0.05, 0.1) is 12.3 Å². The highest BCUT2D eigenvalue weighted by atomic mass is 16.5. The number of nitrogens with one attached hydrogen (secondary N) is 2. The standard InChI is InChI=1S/C23H30N2O3/c1-3-4-5-16-28-22-17-19(8-12-21(22)24-2)9-13-23(27)25-15-14-18-6-10-20(26)11-7-18/h6-13,17,24,26H,3-5,14-16H2,1-2H3,(H,25,27). The van der Waals surface area contributed by atoms with Gasteiger partial charge < -0.3 is 20.5 Å². The van der Waals surface area contributed by atoms with Crippen LogP contribution in [0.5, 0.6) is 11.5 Å². The average Bonchev–Trinajstić information content (AvgIpc) is 2.71. The van der Waals surface area contributed by atoms with E-state index in [1.807, 2.05) is 37.4 Å². The van der Waals surface area contributed by atoms with E-state index in [1.54, 1.807) is 18.2 Å². The molecule has 0 aromatic heterocycles. The number of phenols is 1. The van der Waals surface area contributed by atoms with Crippen molar-refractivity contribution in [2.45, 2.75) is 32.6 Å². The molecule has 3 N–H and O–H groups in total. The van der Waals surface area contributed by atoms with Crippen molar-refractivity contribution in [2.75, 3.05) is 25.5 Å². The van der Waals surface area contributed by atoms with Crippen LogP contribution in [0, 0.1) is 0 Å². The molecule has 150 valence electrons. The monoisotopic (exact) mass is 382 g/mol. The number of phenolic OH excluding ortho intramolecular Hbond substituents is 1. The molecule has 0 saturated heterocycles. The quantitative estimate of drug-likeness (QED) is 0.399. The fourth-order valence-corrected chi connectivity index (χ4v) is 2.73. The van der Waals surface area contributed by atoms with Crippen LogP contribution in [0.3, 0.4) is 0 Å². The lowest BCUT2D eigenvalue weighted by Crippen LogP contribution is -2.23. The van der Waals surface area contributed by atoms with Crippen LogP contribution in [0.2, 0.25) is 0 Å². The minimum Gasteiger partial charge on any atom is -0.508 e. The number of carbonyl (C=O) groups excluding carboxylic acids is 1. The van der Waals surface area contributed by atoms with Gasteiger partial charge in [0.25, 0.3) is 0 Å². The van der Waals surface area contributed by atoms with Gasteiger partial charge in [-0.05, 0) is 54.3 Å². The van der Waals surface area contributed by atoms with Crippen LogP contribution in [0.25, 0.3) is 6.08 Å².